The molecular weight excluding hydrogens is 231 g/mol. The molecule has 0 amide bonds. The van der Waals surface area contributed by atoms with Gasteiger partial charge in [0.25, 0.3) is 0 Å². The summed E-state index contributed by atoms with van der Waals surface area (Å²) < 4.78 is 0.674. The Balaban J connectivity index is 2.92. The van der Waals surface area contributed by atoms with Crippen molar-refractivity contribution < 1.29 is 9.90 Å². The van der Waals surface area contributed by atoms with E-state index < -0.39 is 11.0 Å². The SMILES string of the molecule is O=CC1C=CC(Br)=CC1(O)Cl. The van der Waals surface area contributed by atoms with Crippen LogP contribution in [0, 0.1) is 5.92 Å². The van der Waals surface area contributed by atoms with Gasteiger partial charge in [0.2, 0.25) is 0 Å². The molecule has 60 valence electrons. The largest absolute Gasteiger partial charge is 0.370 e. The molecule has 1 aliphatic carbocycles. The minimum atomic E-state index is -1.57. The summed E-state index contributed by atoms with van der Waals surface area (Å²) in [5.74, 6) is -0.662. The van der Waals surface area contributed by atoms with Crippen LogP contribution in [0.3, 0.4) is 0 Å². The molecule has 2 nitrogen and oxygen atoms in total. The summed E-state index contributed by atoms with van der Waals surface area (Å²) in [6.45, 7) is 0. The van der Waals surface area contributed by atoms with Gasteiger partial charge in [-0.3, -0.25) is 0 Å². The predicted octanol–water partition coefficient (Wildman–Crippen LogP) is 1.58. The highest BCUT2D eigenvalue weighted by Crippen LogP contribution is 2.31. The highest BCUT2D eigenvalue weighted by atomic mass is 79.9. The summed E-state index contributed by atoms with van der Waals surface area (Å²) in [5.41, 5.74) is 0. The summed E-state index contributed by atoms with van der Waals surface area (Å²) in [6.07, 6.45) is 5.22. The maximum absolute atomic E-state index is 10.3. The topological polar surface area (TPSA) is 37.3 Å². The number of rotatable bonds is 1. The molecule has 0 fully saturated rings. The van der Waals surface area contributed by atoms with Gasteiger partial charge in [0.15, 0.2) is 5.06 Å². The van der Waals surface area contributed by atoms with Crippen LogP contribution < -0.4 is 0 Å². The lowest BCUT2D eigenvalue weighted by Crippen LogP contribution is -2.30. The molecule has 0 aliphatic heterocycles. The number of allylic oxidation sites excluding steroid dienone is 2. The zero-order valence-corrected chi connectivity index (χ0v) is 7.84. The van der Waals surface area contributed by atoms with Gasteiger partial charge < -0.3 is 9.90 Å². The molecule has 2 unspecified atom stereocenters. The molecule has 0 aromatic carbocycles. The van der Waals surface area contributed by atoms with E-state index in [1.54, 1.807) is 12.2 Å². The molecule has 1 aliphatic rings. The number of halogens is 2. The number of carbonyl (C=O) groups excluding carboxylic acids is 1. The number of aliphatic hydroxyl groups is 1. The van der Waals surface area contributed by atoms with Crippen molar-refractivity contribution in [2.75, 3.05) is 0 Å². The van der Waals surface area contributed by atoms with E-state index in [4.69, 9.17) is 11.6 Å². The van der Waals surface area contributed by atoms with Gasteiger partial charge in [-0.2, -0.15) is 0 Å². The van der Waals surface area contributed by atoms with Gasteiger partial charge in [0.1, 0.15) is 6.29 Å². The van der Waals surface area contributed by atoms with Gasteiger partial charge in [0, 0.05) is 4.48 Å². The lowest BCUT2D eigenvalue weighted by molar-refractivity contribution is -0.112. The standard InChI is InChI=1S/C7H6BrClO2/c8-6-2-1-5(4-10)7(9,11)3-6/h1-5,11H. The van der Waals surface area contributed by atoms with Gasteiger partial charge in [-0.15, -0.1) is 0 Å². The van der Waals surface area contributed by atoms with E-state index in [2.05, 4.69) is 15.9 Å². The predicted molar refractivity (Wildman–Crippen MR) is 46.5 cm³/mol. The Hall–Kier alpha value is -0.120. The maximum atomic E-state index is 10.3. The number of alkyl halides is 1. The zero-order chi connectivity index (χ0) is 8.48. The Kier molecular flexibility index (Phi) is 2.52. The molecule has 0 heterocycles. The maximum Gasteiger partial charge on any atom is 0.171 e. The minimum Gasteiger partial charge on any atom is -0.370 e. The summed E-state index contributed by atoms with van der Waals surface area (Å²) in [4.78, 5) is 10.3. The molecule has 0 bridgehead atoms. The molecule has 0 aromatic heterocycles. The van der Waals surface area contributed by atoms with Gasteiger partial charge in [-0.1, -0.05) is 39.7 Å². The van der Waals surface area contributed by atoms with E-state index in [9.17, 15) is 9.90 Å². The Morgan fingerprint density at radius 3 is 2.91 bits per heavy atom. The van der Waals surface area contributed by atoms with Crippen LogP contribution >= 0.6 is 27.5 Å². The van der Waals surface area contributed by atoms with Gasteiger partial charge in [-0.25, -0.2) is 0 Å². The Labute approximate surface area is 77.7 Å². The van der Waals surface area contributed by atoms with E-state index in [0.29, 0.717) is 10.8 Å². The van der Waals surface area contributed by atoms with Crippen molar-refractivity contribution in [1.82, 2.24) is 0 Å². The summed E-state index contributed by atoms with van der Waals surface area (Å²) in [7, 11) is 0. The molecule has 1 rings (SSSR count). The summed E-state index contributed by atoms with van der Waals surface area (Å²) in [6, 6.07) is 0. The van der Waals surface area contributed by atoms with Crippen molar-refractivity contribution >= 4 is 33.8 Å². The fourth-order valence-corrected chi connectivity index (χ4v) is 1.68. The fraction of sp³-hybridized carbons (Fsp3) is 0.286. The zero-order valence-electron chi connectivity index (χ0n) is 5.50. The molecule has 0 radical (unpaired) electrons. The average molecular weight is 237 g/mol. The lowest BCUT2D eigenvalue weighted by atomic mass is 9.99. The summed E-state index contributed by atoms with van der Waals surface area (Å²) in [5, 5.41) is 7.81. The molecule has 0 saturated heterocycles. The Morgan fingerprint density at radius 1 is 1.82 bits per heavy atom. The second-order valence-corrected chi connectivity index (χ2v) is 3.80. The average Bonchev–Trinajstić information content (AvgIpc) is 1.85. The molecule has 4 heteroatoms. The smallest absolute Gasteiger partial charge is 0.171 e. The third-order valence-electron chi connectivity index (χ3n) is 1.42. The van der Waals surface area contributed by atoms with E-state index in [-0.39, 0.29) is 0 Å². The van der Waals surface area contributed by atoms with Crippen molar-refractivity contribution in [3.05, 3.63) is 22.7 Å². The van der Waals surface area contributed by atoms with Crippen molar-refractivity contribution in [2.45, 2.75) is 5.06 Å². The number of hydrogen-bond donors (Lipinski definition) is 1. The van der Waals surface area contributed by atoms with E-state index in [0.717, 1.165) is 0 Å². The van der Waals surface area contributed by atoms with E-state index in [1.807, 2.05) is 0 Å². The first-order valence-corrected chi connectivity index (χ1v) is 4.16. The van der Waals surface area contributed by atoms with Crippen molar-refractivity contribution in [3.8, 4) is 0 Å². The third kappa shape index (κ3) is 1.92. The fourth-order valence-electron chi connectivity index (χ4n) is 0.809. The highest BCUT2D eigenvalue weighted by Gasteiger charge is 2.32. The van der Waals surface area contributed by atoms with Crippen molar-refractivity contribution in [3.63, 3.8) is 0 Å². The second kappa shape index (κ2) is 3.09. The normalized spacial score (nSPS) is 36.6. The first-order chi connectivity index (χ1) is 5.06. The van der Waals surface area contributed by atoms with Crippen LogP contribution in [0.15, 0.2) is 22.7 Å². The Morgan fingerprint density at radius 2 is 2.45 bits per heavy atom. The molecule has 0 saturated carbocycles. The van der Waals surface area contributed by atoms with Crippen LogP contribution in [0.5, 0.6) is 0 Å². The molecule has 2 atom stereocenters. The molecule has 11 heavy (non-hydrogen) atoms. The van der Waals surface area contributed by atoms with Gasteiger partial charge in [-0.05, 0) is 6.08 Å². The van der Waals surface area contributed by atoms with Crippen LogP contribution in [0.2, 0.25) is 0 Å². The van der Waals surface area contributed by atoms with Crippen LogP contribution in [0.25, 0.3) is 0 Å². The summed E-state index contributed by atoms with van der Waals surface area (Å²) >= 11 is 8.73. The quantitative estimate of drug-likeness (QED) is 0.555. The molecular formula is C7H6BrClO2. The molecule has 1 N–H and O–H groups in total. The van der Waals surface area contributed by atoms with Crippen LogP contribution in [0.4, 0.5) is 0 Å². The number of aldehydes is 1. The third-order valence-corrected chi connectivity index (χ3v) is 2.27. The monoisotopic (exact) mass is 236 g/mol. The van der Waals surface area contributed by atoms with Crippen molar-refractivity contribution in [2.24, 2.45) is 5.92 Å². The van der Waals surface area contributed by atoms with E-state index >= 15 is 0 Å². The van der Waals surface area contributed by atoms with Crippen LogP contribution in [-0.2, 0) is 4.79 Å². The second-order valence-electron chi connectivity index (χ2n) is 2.28. The first-order valence-electron chi connectivity index (χ1n) is 2.99. The number of hydrogen-bond acceptors (Lipinski definition) is 2. The first kappa shape index (κ1) is 8.97. The minimum absolute atomic E-state index is 0.611. The highest BCUT2D eigenvalue weighted by molar-refractivity contribution is 9.11. The van der Waals surface area contributed by atoms with Crippen LogP contribution in [-0.4, -0.2) is 16.5 Å². The lowest BCUT2D eigenvalue weighted by Gasteiger charge is -2.23. The number of carbonyl (C=O) groups is 1. The van der Waals surface area contributed by atoms with Gasteiger partial charge in [0.05, 0.1) is 5.92 Å². The molecule has 0 aromatic rings. The van der Waals surface area contributed by atoms with Gasteiger partial charge >= 0.3 is 0 Å². The Bertz CT molecular complexity index is 233. The van der Waals surface area contributed by atoms with E-state index in [1.165, 1.54) is 6.08 Å². The van der Waals surface area contributed by atoms with Crippen molar-refractivity contribution in [1.29, 1.82) is 0 Å². The molecule has 0 spiro atoms. The van der Waals surface area contributed by atoms with Crippen LogP contribution in [0.1, 0.15) is 0 Å².